The summed E-state index contributed by atoms with van der Waals surface area (Å²) in [5, 5.41) is 6.37. The molecule has 0 aliphatic carbocycles. The van der Waals surface area contributed by atoms with Crippen LogP contribution in [0.25, 0.3) is 10.1 Å². The summed E-state index contributed by atoms with van der Waals surface area (Å²) < 4.78 is 5.88. The van der Waals surface area contributed by atoms with Gasteiger partial charge in [0.25, 0.3) is 5.91 Å². The van der Waals surface area contributed by atoms with Crippen LogP contribution in [0, 0.1) is 6.92 Å². The van der Waals surface area contributed by atoms with Gasteiger partial charge in [-0.3, -0.25) is 4.79 Å². The molecule has 1 saturated heterocycles. The highest BCUT2D eigenvalue weighted by Crippen LogP contribution is 2.38. The molecule has 0 saturated carbocycles. The molecule has 34 heavy (non-hydrogen) atoms. The highest BCUT2D eigenvalue weighted by atomic mass is 35.5. The Bertz CT molecular complexity index is 1280. The third-order valence-corrected chi connectivity index (χ3v) is 9.12. The molecule has 11 heteroatoms. The van der Waals surface area contributed by atoms with Crippen molar-refractivity contribution in [2.45, 2.75) is 20.3 Å². The molecule has 3 aromatic rings. The zero-order valence-electron chi connectivity index (χ0n) is 18.9. The quantitative estimate of drug-likeness (QED) is 0.311. The van der Waals surface area contributed by atoms with Crippen LogP contribution < -0.4 is 5.32 Å². The Morgan fingerprint density at radius 1 is 1.15 bits per heavy atom. The van der Waals surface area contributed by atoms with Gasteiger partial charge < -0.3 is 19.9 Å². The van der Waals surface area contributed by atoms with Crippen molar-refractivity contribution < 1.29 is 14.3 Å². The molecule has 2 aromatic heterocycles. The number of hydrogen-bond acceptors (Lipinski definition) is 6. The molecule has 0 radical (unpaired) electrons. The summed E-state index contributed by atoms with van der Waals surface area (Å²) in [7, 11) is 1.38. The molecule has 1 amide bonds. The van der Waals surface area contributed by atoms with Gasteiger partial charge in [-0.05, 0) is 43.3 Å². The number of fused-ring (bicyclic) bond motifs is 1. The third-order valence-electron chi connectivity index (χ3n) is 5.81. The lowest BCUT2D eigenvalue weighted by molar-refractivity contribution is 0.0600. The molecule has 0 bridgehead atoms. The zero-order valence-corrected chi connectivity index (χ0v) is 22.8. The lowest BCUT2D eigenvalue weighted by Crippen LogP contribution is -2.51. The number of rotatable bonds is 4. The number of hydrogen-bond donors (Lipinski definition) is 1. The molecule has 0 atom stereocenters. The number of methoxy groups -OCH3 is 1. The summed E-state index contributed by atoms with van der Waals surface area (Å²) in [6.07, 6.45) is 0.731. The topological polar surface area (TPSA) is 61.9 Å². The number of thiocarbonyl (C=S) groups is 1. The summed E-state index contributed by atoms with van der Waals surface area (Å²) >= 11 is 21.1. The lowest BCUT2D eigenvalue weighted by atomic mass is 10.1. The molecule has 1 aliphatic heterocycles. The molecule has 180 valence electrons. The summed E-state index contributed by atoms with van der Waals surface area (Å²) in [6.45, 7) is 6.17. The number of carbonyl (C=O) groups excluding carboxylic acids is 2. The second kappa shape index (κ2) is 10.4. The van der Waals surface area contributed by atoms with E-state index in [4.69, 9.17) is 40.2 Å². The number of halogens is 2. The van der Waals surface area contributed by atoms with E-state index in [9.17, 15) is 9.59 Å². The molecule has 1 fully saturated rings. The SMILES string of the molecule is CCc1c(C)sc(NC(=S)N2CCN(C(=O)c3sc4cc(Cl)ccc4c3Cl)CC2)c1C(=O)OC. The van der Waals surface area contributed by atoms with Gasteiger partial charge in [0.15, 0.2) is 5.11 Å². The summed E-state index contributed by atoms with van der Waals surface area (Å²) in [4.78, 5) is 30.9. The number of thiophene rings is 2. The van der Waals surface area contributed by atoms with Crippen molar-refractivity contribution in [2.24, 2.45) is 0 Å². The van der Waals surface area contributed by atoms with E-state index in [1.54, 1.807) is 11.0 Å². The first-order valence-electron chi connectivity index (χ1n) is 10.7. The molecule has 1 N–H and O–H groups in total. The molecule has 4 rings (SSSR count). The van der Waals surface area contributed by atoms with E-state index >= 15 is 0 Å². The van der Waals surface area contributed by atoms with Gasteiger partial charge in [-0.15, -0.1) is 22.7 Å². The van der Waals surface area contributed by atoms with Crippen molar-refractivity contribution in [1.82, 2.24) is 9.80 Å². The minimum absolute atomic E-state index is 0.0877. The molecule has 1 aromatic carbocycles. The van der Waals surface area contributed by atoms with Crippen molar-refractivity contribution in [1.29, 1.82) is 0 Å². The number of carbonyl (C=O) groups is 2. The Kier molecular flexibility index (Phi) is 7.69. The van der Waals surface area contributed by atoms with Gasteiger partial charge in [-0.2, -0.15) is 0 Å². The molecular weight excluding hydrogens is 533 g/mol. The van der Waals surface area contributed by atoms with E-state index in [1.807, 2.05) is 30.9 Å². The van der Waals surface area contributed by atoms with E-state index in [0.29, 0.717) is 56.8 Å². The molecule has 3 heterocycles. The maximum absolute atomic E-state index is 13.2. The van der Waals surface area contributed by atoms with Crippen LogP contribution in [0.2, 0.25) is 10.0 Å². The number of nitrogens with zero attached hydrogens (tertiary/aromatic N) is 2. The predicted octanol–water partition coefficient (Wildman–Crippen LogP) is 6.08. The van der Waals surface area contributed by atoms with E-state index in [1.165, 1.54) is 29.8 Å². The smallest absolute Gasteiger partial charge is 0.341 e. The van der Waals surface area contributed by atoms with Gasteiger partial charge in [-0.1, -0.05) is 36.2 Å². The number of piperazine rings is 1. The van der Waals surface area contributed by atoms with Gasteiger partial charge >= 0.3 is 5.97 Å². The normalized spacial score (nSPS) is 13.9. The van der Waals surface area contributed by atoms with Crippen molar-refractivity contribution in [3.8, 4) is 0 Å². The number of esters is 1. The fraction of sp³-hybridized carbons (Fsp3) is 0.348. The van der Waals surface area contributed by atoms with Gasteiger partial charge in [0.05, 0.1) is 17.7 Å². The number of aryl methyl sites for hydroxylation is 1. The third kappa shape index (κ3) is 4.77. The predicted molar refractivity (Wildman–Crippen MR) is 145 cm³/mol. The lowest BCUT2D eigenvalue weighted by Gasteiger charge is -2.36. The fourth-order valence-corrected chi connectivity index (χ4v) is 7.26. The summed E-state index contributed by atoms with van der Waals surface area (Å²) in [5.41, 5.74) is 1.52. The highest BCUT2D eigenvalue weighted by molar-refractivity contribution is 7.80. The summed E-state index contributed by atoms with van der Waals surface area (Å²) in [5.74, 6) is -0.460. The maximum Gasteiger partial charge on any atom is 0.341 e. The average molecular weight is 557 g/mol. The van der Waals surface area contributed by atoms with Crippen LogP contribution in [-0.2, 0) is 11.2 Å². The van der Waals surface area contributed by atoms with Crippen LogP contribution in [0.4, 0.5) is 5.00 Å². The van der Waals surface area contributed by atoms with E-state index in [0.717, 1.165) is 26.9 Å². The van der Waals surface area contributed by atoms with Crippen LogP contribution in [0.1, 0.15) is 37.4 Å². The highest BCUT2D eigenvalue weighted by Gasteiger charge is 2.28. The maximum atomic E-state index is 13.2. The van der Waals surface area contributed by atoms with Crippen molar-refractivity contribution in [2.75, 3.05) is 38.6 Å². The van der Waals surface area contributed by atoms with Gasteiger partial charge in [0.1, 0.15) is 9.88 Å². The fourth-order valence-electron chi connectivity index (χ4n) is 4.02. The van der Waals surface area contributed by atoms with E-state index in [-0.39, 0.29) is 11.9 Å². The first-order valence-corrected chi connectivity index (χ1v) is 13.5. The summed E-state index contributed by atoms with van der Waals surface area (Å²) in [6, 6.07) is 5.44. The minimum atomic E-state index is -0.372. The number of benzene rings is 1. The number of ether oxygens (including phenoxy) is 1. The second-order valence-corrected chi connectivity index (χ2v) is 11.3. The first kappa shape index (κ1) is 25.2. The Morgan fingerprint density at radius 3 is 2.47 bits per heavy atom. The minimum Gasteiger partial charge on any atom is -0.465 e. The van der Waals surface area contributed by atoms with Crippen molar-refractivity contribution in [3.05, 3.63) is 49.1 Å². The Hall–Kier alpha value is -1.91. The molecular formula is C23H23Cl2N3O3S3. The number of nitrogens with one attached hydrogen (secondary N) is 1. The first-order chi connectivity index (χ1) is 16.2. The van der Waals surface area contributed by atoms with Crippen LogP contribution in [-0.4, -0.2) is 60.1 Å². The second-order valence-electron chi connectivity index (χ2n) is 7.78. The standard InChI is InChI=1S/C23H23Cl2N3O3S3/c1-4-14-12(2)33-20(17(14)22(30)31-3)26-23(32)28-9-7-27(8-10-28)21(29)19-18(25)15-6-5-13(24)11-16(15)34-19/h5-6,11H,4,7-10H2,1-3H3,(H,26,32). The van der Waals surface area contributed by atoms with Crippen molar-refractivity contribution >= 4 is 90.2 Å². The van der Waals surface area contributed by atoms with Gasteiger partial charge in [0.2, 0.25) is 0 Å². The average Bonchev–Trinajstić information content (AvgIpc) is 3.33. The van der Waals surface area contributed by atoms with Gasteiger partial charge in [0, 0.05) is 46.2 Å². The van der Waals surface area contributed by atoms with E-state index < -0.39 is 0 Å². The van der Waals surface area contributed by atoms with Crippen LogP contribution in [0.5, 0.6) is 0 Å². The molecule has 6 nitrogen and oxygen atoms in total. The van der Waals surface area contributed by atoms with Crippen LogP contribution in [0.15, 0.2) is 18.2 Å². The largest absolute Gasteiger partial charge is 0.465 e. The van der Waals surface area contributed by atoms with Gasteiger partial charge in [-0.25, -0.2) is 4.79 Å². The molecule has 1 aliphatic rings. The van der Waals surface area contributed by atoms with Crippen LogP contribution in [0.3, 0.4) is 0 Å². The molecule has 0 spiro atoms. The number of amides is 1. The number of anilines is 1. The van der Waals surface area contributed by atoms with Crippen LogP contribution >= 0.6 is 58.1 Å². The Morgan fingerprint density at radius 2 is 1.82 bits per heavy atom. The monoisotopic (exact) mass is 555 g/mol. The van der Waals surface area contributed by atoms with E-state index in [2.05, 4.69) is 5.32 Å². The van der Waals surface area contributed by atoms with Crippen molar-refractivity contribution in [3.63, 3.8) is 0 Å². The molecule has 0 unspecified atom stereocenters. The zero-order chi connectivity index (χ0) is 24.6. The Labute approximate surface area is 221 Å². The Balaban J connectivity index is 1.43.